The van der Waals surface area contributed by atoms with E-state index in [0.29, 0.717) is 16.1 Å². The number of nitrogens with one attached hydrogen (secondary N) is 1. The van der Waals surface area contributed by atoms with Crippen molar-refractivity contribution < 1.29 is 17.2 Å². The summed E-state index contributed by atoms with van der Waals surface area (Å²) in [4.78, 5) is -0.0914. The highest BCUT2D eigenvalue weighted by Gasteiger charge is 2.29. The summed E-state index contributed by atoms with van der Waals surface area (Å²) in [5.41, 5.74) is 1.34. The normalized spacial score (nSPS) is 12.6. The lowest BCUT2D eigenvalue weighted by Crippen LogP contribution is -2.30. The van der Waals surface area contributed by atoms with Crippen LogP contribution in [0.5, 0.6) is 0 Å². The quantitative estimate of drug-likeness (QED) is 0.445. The van der Waals surface area contributed by atoms with Gasteiger partial charge in [-0.1, -0.05) is 48.0 Å². The van der Waals surface area contributed by atoms with Crippen LogP contribution in [0, 0.1) is 12.7 Å². The van der Waals surface area contributed by atoms with Gasteiger partial charge in [0.05, 0.1) is 4.90 Å². The molecule has 158 valence electrons. The van der Waals surface area contributed by atoms with Crippen molar-refractivity contribution in [1.82, 2.24) is 14.9 Å². The van der Waals surface area contributed by atoms with E-state index in [1.165, 1.54) is 19.1 Å². The van der Waals surface area contributed by atoms with E-state index in [-0.39, 0.29) is 22.2 Å². The Hall–Kier alpha value is -3.07. The van der Waals surface area contributed by atoms with Crippen molar-refractivity contribution in [1.29, 1.82) is 0 Å². The molecule has 31 heavy (non-hydrogen) atoms. The first kappa shape index (κ1) is 21.2. The van der Waals surface area contributed by atoms with Crippen molar-refractivity contribution in [2.45, 2.75) is 17.9 Å². The maximum Gasteiger partial charge on any atom is 0.247 e. The van der Waals surface area contributed by atoms with Crippen LogP contribution < -0.4 is 4.72 Å². The van der Waals surface area contributed by atoms with Gasteiger partial charge >= 0.3 is 0 Å². The van der Waals surface area contributed by atoms with Gasteiger partial charge in [0.1, 0.15) is 11.9 Å². The third-order valence-corrected chi connectivity index (χ3v) is 6.40. The number of nitrogens with zero attached hydrogens (tertiary/aromatic N) is 2. The van der Waals surface area contributed by atoms with Crippen molar-refractivity contribution in [2.75, 3.05) is 0 Å². The number of sulfonamides is 1. The number of hydrogen-bond donors (Lipinski definition) is 1. The van der Waals surface area contributed by atoms with Gasteiger partial charge in [0, 0.05) is 10.6 Å². The highest BCUT2D eigenvalue weighted by Crippen LogP contribution is 2.31. The summed E-state index contributed by atoms with van der Waals surface area (Å²) in [7, 11) is -4.07. The first-order chi connectivity index (χ1) is 14.8. The molecule has 1 atom stereocenters. The Morgan fingerprint density at radius 1 is 1.00 bits per heavy atom. The van der Waals surface area contributed by atoms with E-state index in [2.05, 4.69) is 14.9 Å². The minimum atomic E-state index is -4.07. The third-order valence-electron chi connectivity index (χ3n) is 4.64. The lowest BCUT2D eigenvalue weighted by Gasteiger charge is -2.17. The molecule has 9 heteroatoms. The Balaban J connectivity index is 1.76. The molecule has 0 saturated carbocycles. The molecular formula is C22H17ClFN3O3S. The largest absolute Gasteiger partial charge is 0.419 e. The molecule has 1 aromatic heterocycles. The topological polar surface area (TPSA) is 85.1 Å². The van der Waals surface area contributed by atoms with E-state index in [1.807, 2.05) is 18.2 Å². The first-order valence-electron chi connectivity index (χ1n) is 9.27. The Labute approximate surface area is 183 Å². The summed E-state index contributed by atoms with van der Waals surface area (Å²) in [5.74, 6) is -0.232. The van der Waals surface area contributed by atoms with Crippen LogP contribution in [0.2, 0.25) is 5.02 Å². The molecule has 0 amide bonds. The van der Waals surface area contributed by atoms with Crippen LogP contribution in [-0.4, -0.2) is 18.6 Å². The van der Waals surface area contributed by atoms with Crippen LogP contribution in [0.15, 0.2) is 82.1 Å². The number of halogens is 2. The van der Waals surface area contributed by atoms with Gasteiger partial charge in [0.25, 0.3) is 0 Å². The maximum atomic E-state index is 13.6. The van der Waals surface area contributed by atoms with E-state index >= 15 is 0 Å². The summed E-state index contributed by atoms with van der Waals surface area (Å²) >= 11 is 6.34. The molecule has 0 aliphatic rings. The molecule has 1 heterocycles. The highest BCUT2D eigenvalue weighted by molar-refractivity contribution is 7.89. The van der Waals surface area contributed by atoms with E-state index in [4.69, 9.17) is 16.0 Å². The zero-order valence-corrected chi connectivity index (χ0v) is 17.9. The molecule has 0 saturated heterocycles. The van der Waals surface area contributed by atoms with Crippen molar-refractivity contribution in [3.8, 4) is 11.5 Å². The van der Waals surface area contributed by atoms with Gasteiger partial charge in [-0.15, -0.1) is 10.2 Å². The second kappa shape index (κ2) is 8.58. The predicted molar refractivity (Wildman–Crippen MR) is 114 cm³/mol. The average molecular weight is 458 g/mol. The fourth-order valence-corrected chi connectivity index (χ4v) is 4.51. The summed E-state index contributed by atoms with van der Waals surface area (Å²) in [6.07, 6.45) is 0. The molecule has 0 aliphatic heterocycles. The fourth-order valence-electron chi connectivity index (χ4n) is 3.01. The molecule has 3 aromatic carbocycles. The molecule has 0 fully saturated rings. The van der Waals surface area contributed by atoms with Crippen LogP contribution in [-0.2, 0) is 10.0 Å². The second-order valence-electron chi connectivity index (χ2n) is 6.80. The van der Waals surface area contributed by atoms with Gasteiger partial charge in [-0.2, -0.15) is 4.72 Å². The molecule has 0 spiro atoms. The van der Waals surface area contributed by atoms with Crippen molar-refractivity contribution >= 4 is 21.6 Å². The second-order valence-corrected chi connectivity index (χ2v) is 8.92. The summed E-state index contributed by atoms with van der Waals surface area (Å²) < 4.78 is 48.1. The van der Waals surface area contributed by atoms with E-state index < -0.39 is 21.9 Å². The molecule has 1 unspecified atom stereocenters. The predicted octanol–water partition coefficient (Wildman–Crippen LogP) is 4.91. The lowest BCUT2D eigenvalue weighted by atomic mass is 10.1. The van der Waals surface area contributed by atoms with Gasteiger partial charge in [-0.25, -0.2) is 12.8 Å². The zero-order valence-electron chi connectivity index (χ0n) is 16.3. The van der Waals surface area contributed by atoms with Crippen molar-refractivity contribution in [2.24, 2.45) is 0 Å². The Morgan fingerprint density at radius 2 is 1.71 bits per heavy atom. The summed E-state index contributed by atoms with van der Waals surface area (Å²) in [6, 6.07) is 18.3. The van der Waals surface area contributed by atoms with Gasteiger partial charge in [0.15, 0.2) is 0 Å². The molecule has 0 bridgehead atoms. The van der Waals surface area contributed by atoms with Gasteiger partial charge in [-0.3, -0.25) is 0 Å². The number of aromatic nitrogens is 2. The monoisotopic (exact) mass is 457 g/mol. The lowest BCUT2D eigenvalue weighted by molar-refractivity contribution is 0.464. The fraction of sp³-hybridized carbons (Fsp3) is 0.0909. The van der Waals surface area contributed by atoms with Crippen LogP contribution in [0.3, 0.4) is 0 Å². The van der Waals surface area contributed by atoms with Gasteiger partial charge in [0.2, 0.25) is 21.8 Å². The number of hydrogen-bond acceptors (Lipinski definition) is 5. The molecular weight excluding hydrogens is 441 g/mol. The molecule has 0 radical (unpaired) electrons. The summed E-state index contributed by atoms with van der Waals surface area (Å²) in [5, 5.41) is 8.43. The highest BCUT2D eigenvalue weighted by atomic mass is 35.5. The molecule has 4 rings (SSSR count). The molecule has 1 N–H and O–H groups in total. The van der Waals surface area contributed by atoms with Crippen LogP contribution in [0.25, 0.3) is 11.5 Å². The van der Waals surface area contributed by atoms with E-state index in [1.54, 1.807) is 36.4 Å². The Morgan fingerprint density at radius 3 is 2.42 bits per heavy atom. The van der Waals surface area contributed by atoms with E-state index in [0.717, 1.165) is 6.07 Å². The van der Waals surface area contributed by atoms with Crippen molar-refractivity contribution in [3.05, 3.63) is 101 Å². The average Bonchev–Trinajstić information content (AvgIpc) is 3.25. The minimum Gasteiger partial charge on any atom is -0.419 e. The number of rotatable bonds is 6. The maximum absolute atomic E-state index is 13.6. The van der Waals surface area contributed by atoms with Crippen LogP contribution >= 0.6 is 11.6 Å². The smallest absolute Gasteiger partial charge is 0.247 e. The van der Waals surface area contributed by atoms with E-state index in [9.17, 15) is 12.8 Å². The third kappa shape index (κ3) is 4.51. The van der Waals surface area contributed by atoms with Crippen molar-refractivity contribution in [3.63, 3.8) is 0 Å². The minimum absolute atomic E-state index is 0.0226. The first-order valence-corrected chi connectivity index (χ1v) is 11.1. The van der Waals surface area contributed by atoms with Crippen LogP contribution in [0.4, 0.5) is 4.39 Å². The number of benzene rings is 3. The standard InChI is InChI=1S/C22H17ClFN3O3S/c1-14-13-16(11-12-19(14)24)31(28,29)27-20(17-9-5-6-10-18(17)23)22-26-25-21(30-22)15-7-3-2-4-8-15/h2-13,20,27H,1H3. The Kier molecular flexibility index (Phi) is 5.86. The molecule has 0 aliphatic carbocycles. The van der Waals surface area contributed by atoms with Gasteiger partial charge in [-0.05, 0) is 54.4 Å². The molecule has 6 nitrogen and oxygen atoms in total. The zero-order chi connectivity index (χ0) is 22.0. The Bertz CT molecular complexity index is 1330. The van der Waals surface area contributed by atoms with Gasteiger partial charge < -0.3 is 4.42 Å². The summed E-state index contributed by atoms with van der Waals surface area (Å²) in [6.45, 7) is 1.49. The number of aryl methyl sites for hydroxylation is 1. The van der Waals surface area contributed by atoms with Crippen LogP contribution in [0.1, 0.15) is 23.1 Å². The molecule has 4 aromatic rings. The SMILES string of the molecule is Cc1cc(S(=O)(=O)NC(c2nnc(-c3ccccc3)o2)c2ccccc2Cl)ccc1F.